The van der Waals surface area contributed by atoms with Crippen molar-refractivity contribution in [2.24, 2.45) is 0 Å². The van der Waals surface area contributed by atoms with Gasteiger partial charge in [0.05, 0.1) is 0 Å². The summed E-state index contributed by atoms with van der Waals surface area (Å²) in [5.41, 5.74) is 0. The minimum atomic E-state index is -2.22. The molecule has 0 unspecified atom stereocenters. The van der Waals surface area contributed by atoms with Crippen molar-refractivity contribution < 1.29 is 13.2 Å². The van der Waals surface area contributed by atoms with E-state index in [9.17, 15) is 8.78 Å². The van der Waals surface area contributed by atoms with Crippen molar-refractivity contribution in [1.29, 1.82) is 0 Å². The lowest BCUT2D eigenvalue weighted by Crippen LogP contribution is -2.44. The number of hydrogen-bond donors (Lipinski definition) is 0. The molecule has 1 rings (SSSR count). The molecule has 0 aromatic heterocycles. The van der Waals surface area contributed by atoms with E-state index in [4.69, 9.17) is 4.43 Å². The second-order valence-electron chi connectivity index (χ2n) is 5.88. The van der Waals surface area contributed by atoms with Crippen molar-refractivity contribution in [2.45, 2.75) is 38.9 Å². The number of rotatable bonds is 3. The van der Waals surface area contributed by atoms with Crippen LogP contribution in [0, 0.1) is 11.6 Å². The second kappa shape index (κ2) is 5.77. The van der Waals surface area contributed by atoms with Gasteiger partial charge in [-0.1, -0.05) is 20.8 Å². The minimum absolute atomic E-state index is 0.0886. The van der Waals surface area contributed by atoms with Gasteiger partial charge in [0.1, 0.15) is 0 Å². The smallest absolute Gasteiger partial charge is 0.507 e. The molecule has 0 saturated carbocycles. The quantitative estimate of drug-likeness (QED) is 0.751. The van der Waals surface area contributed by atoms with Gasteiger partial charge in [-0.15, -0.1) is 3.69 Å². The average Bonchev–Trinajstić information content (AvgIpc) is 2.21. The van der Waals surface area contributed by atoms with Crippen LogP contribution in [0.4, 0.5) is 8.78 Å². The van der Waals surface area contributed by atoms with Crippen LogP contribution in [0.1, 0.15) is 20.8 Å². The highest BCUT2D eigenvalue weighted by atomic mass is 79.9. The molecule has 0 amide bonds. The standard InChI is InChI=1S/C12H17F2OSi.BrH.Mg/c1-12(2,3)16(4,5)15-11-9(13)7-6-8-10(11)14;;/h7-8H,1-5H3;1H;/q;;+1/p-1. The second-order valence-corrected chi connectivity index (χ2v) is 13.4. The fourth-order valence-electron chi connectivity index (χ4n) is 1.20. The Labute approximate surface area is 124 Å². The first-order valence-electron chi connectivity index (χ1n) is 5.81. The highest BCUT2D eigenvalue weighted by Gasteiger charge is 2.40. The Morgan fingerprint density at radius 3 is 1.94 bits per heavy atom. The molecule has 1 aromatic carbocycles. The highest BCUT2D eigenvalue weighted by molar-refractivity contribution is 9.23. The van der Waals surface area contributed by atoms with Gasteiger partial charge in [0.25, 0.3) is 8.32 Å². The van der Waals surface area contributed by atoms with Crippen LogP contribution in [-0.4, -0.2) is 26.5 Å². The Morgan fingerprint density at radius 2 is 1.61 bits per heavy atom. The molecule has 0 aliphatic carbocycles. The lowest BCUT2D eigenvalue weighted by atomic mass is 10.2. The molecule has 0 aliphatic rings. The Morgan fingerprint density at radius 1 is 1.17 bits per heavy atom. The maximum absolute atomic E-state index is 13.9. The molecule has 0 fully saturated rings. The maximum Gasteiger partial charge on any atom is 0.507 e. The third-order valence-corrected chi connectivity index (χ3v) is 10.4. The molecule has 98 valence electrons. The first-order chi connectivity index (χ1) is 8.08. The molecule has 18 heavy (non-hydrogen) atoms. The first-order valence-corrected chi connectivity index (χ1v) is 13.3. The predicted molar refractivity (Wildman–Crippen MR) is 78.5 cm³/mol. The molecule has 6 heteroatoms. The lowest BCUT2D eigenvalue weighted by molar-refractivity contribution is 0.425. The van der Waals surface area contributed by atoms with Crippen molar-refractivity contribution in [2.75, 3.05) is 0 Å². The zero-order valence-electron chi connectivity index (χ0n) is 11.4. The zero-order chi connectivity index (χ0) is 14.1. The summed E-state index contributed by atoms with van der Waals surface area (Å²) in [5.74, 6) is -1.41. The van der Waals surface area contributed by atoms with E-state index in [1.807, 2.05) is 33.9 Å². The van der Waals surface area contributed by atoms with Gasteiger partial charge in [-0.2, -0.15) is 0 Å². The van der Waals surface area contributed by atoms with Gasteiger partial charge in [-0.25, -0.2) is 8.78 Å². The van der Waals surface area contributed by atoms with E-state index in [-0.39, 0.29) is 10.8 Å². The number of halogens is 3. The molecule has 0 N–H and O–H groups in total. The summed E-state index contributed by atoms with van der Waals surface area (Å²) in [5, 5.41) is -0.0886. The van der Waals surface area contributed by atoms with Gasteiger partial charge in [-0.05, 0) is 30.3 Å². The van der Waals surface area contributed by atoms with Crippen LogP contribution >= 0.6 is 12.9 Å². The Balaban J connectivity index is 3.13. The molecule has 0 heterocycles. The fraction of sp³-hybridized carbons (Fsp3) is 0.500. The van der Waals surface area contributed by atoms with Crippen LogP contribution in [0.3, 0.4) is 0 Å². The Hall–Kier alpha value is 0.343. The van der Waals surface area contributed by atoms with Crippen LogP contribution in [-0.2, 0) is 0 Å². The summed E-state index contributed by atoms with van der Waals surface area (Å²) in [6.45, 7) is 10.1. The van der Waals surface area contributed by atoms with Crippen LogP contribution in [0.2, 0.25) is 18.1 Å². The summed E-state index contributed by atoms with van der Waals surface area (Å²) in [6, 6.07) is 2.74. The molecule has 0 radical (unpaired) electrons. The van der Waals surface area contributed by atoms with Crippen molar-refractivity contribution >= 4 is 43.1 Å². The van der Waals surface area contributed by atoms with Crippen LogP contribution in [0.5, 0.6) is 5.75 Å². The zero-order valence-corrected chi connectivity index (χ0v) is 15.4. The van der Waals surface area contributed by atoms with E-state index in [1.54, 1.807) is 0 Å². The summed E-state index contributed by atoms with van der Waals surface area (Å²) in [6.07, 6.45) is 0. The van der Waals surface area contributed by atoms with Crippen molar-refractivity contribution in [3.63, 3.8) is 0 Å². The molecule has 0 spiro atoms. The van der Waals surface area contributed by atoms with E-state index < -0.39 is 38.1 Å². The molecule has 1 aromatic rings. The van der Waals surface area contributed by atoms with E-state index in [2.05, 4.69) is 12.9 Å². The molecular weight excluding hydrogens is 330 g/mol. The van der Waals surface area contributed by atoms with Gasteiger partial charge in [0.15, 0.2) is 17.4 Å². The van der Waals surface area contributed by atoms with Gasteiger partial charge in [0, 0.05) is 0 Å². The average molecular weight is 348 g/mol. The van der Waals surface area contributed by atoms with Gasteiger partial charge < -0.3 is 4.43 Å². The van der Waals surface area contributed by atoms with Crippen molar-refractivity contribution in [3.8, 4) is 5.75 Å². The summed E-state index contributed by atoms with van der Waals surface area (Å²) in [7, 11) is -2.22. The fourth-order valence-corrected chi connectivity index (χ4v) is 3.69. The number of hydrogen-bond acceptors (Lipinski definition) is 1. The van der Waals surface area contributed by atoms with Crippen molar-refractivity contribution in [1.82, 2.24) is 0 Å². The molecule has 0 aliphatic heterocycles. The van der Waals surface area contributed by atoms with Crippen LogP contribution < -0.4 is 8.12 Å². The third kappa shape index (κ3) is 3.68. The number of benzene rings is 1. The lowest BCUT2D eigenvalue weighted by Gasteiger charge is -2.36. The van der Waals surface area contributed by atoms with Crippen molar-refractivity contribution in [3.05, 3.63) is 23.8 Å². The maximum atomic E-state index is 13.9. The SMILES string of the molecule is CC(C)(C)[Si](C)(C)Oc1c(F)c[c]([Mg][Br])cc1F. The summed E-state index contributed by atoms with van der Waals surface area (Å²) >= 11 is 2.57. The molecule has 1 nitrogen and oxygen atoms in total. The van der Waals surface area contributed by atoms with E-state index >= 15 is 0 Å². The highest BCUT2D eigenvalue weighted by Crippen LogP contribution is 2.38. The summed E-state index contributed by atoms with van der Waals surface area (Å²) < 4.78 is 34.2. The largest absolute Gasteiger partial charge is 0.540 e. The topological polar surface area (TPSA) is 9.23 Å². The monoisotopic (exact) mass is 346 g/mol. The Kier molecular flexibility index (Phi) is 5.25. The van der Waals surface area contributed by atoms with E-state index in [0.717, 1.165) is 0 Å². The van der Waals surface area contributed by atoms with E-state index in [0.29, 0.717) is 3.69 Å². The van der Waals surface area contributed by atoms with Gasteiger partial charge in [0.2, 0.25) is 0 Å². The van der Waals surface area contributed by atoms with Crippen LogP contribution in [0.15, 0.2) is 12.1 Å². The predicted octanol–water partition coefficient (Wildman–Crippen LogP) is 3.99. The molecule has 0 bridgehead atoms. The van der Waals surface area contributed by atoms with Gasteiger partial charge in [-0.3, -0.25) is 12.9 Å². The molecule has 0 atom stereocenters. The van der Waals surface area contributed by atoms with E-state index in [1.165, 1.54) is 12.1 Å². The Bertz CT molecular complexity index is 423. The molecular formula is C12H17BrF2MgOSi. The first kappa shape index (κ1) is 16.4. The third-order valence-electron chi connectivity index (χ3n) is 3.38. The summed E-state index contributed by atoms with van der Waals surface area (Å²) in [4.78, 5) is 0. The normalized spacial score (nSPS) is 12.2. The minimum Gasteiger partial charge on any atom is -0.540 e. The van der Waals surface area contributed by atoms with Gasteiger partial charge >= 0.3 is 18.2 Å². The molecule has 0 saturated heterocycles. The van der Waals surface area contributed by atoms with Crippen LogP contribution in [0.25, 0.3) is 0 Å².